The SMILES string of the molecule is Cc1cccc(C(=O)c2n[nH]c3ccccc23)c1. The van der Waals surface area contributed by atoms with Crippen molar-refractivity contribution in [2.24, 2.45) is 0 Å². The largest absolute Gasteiger partial charge is 0.287 e. The van der Waals surface area contributed by atoms with Crippen LogP contribution in [0.5, 0.6) is 0 Å². The standard InChI is InChI=1S/C15H12N2O/c1-10-5-4-6-11(9-10)15(18)14-12-7-2-3-8-13(12)16-17-14/h2-9H,1H3,(H,16,17). The van der Waals surface area contributed by atoms with Gasteiger partial charge in [-0.3, -0.25) is 9.89 Å². The molecule has 3 rings (SSSR count). The third-order valence-electron chi connectivity index (χ3n) is 2.97. The van der Waals surface area contributed by atoms with Crippen LogP contribution in [0.1, 0.15) is 21.6 Å². The van der Waals surface area contributed by atoms with Crippen LogP contribution >= 0.6 is 0 Å². The van der Waals surface area contributed by atoms with Crippen molar-refractivity contribution >= 4 is 16.7 Å². The number of aromatic nitrogens is 2. The highest BCUT2D eigenvalue weighted by Crippen LogP contribution is 2.18. The van der Waals surface area contributed by atoms with Crippen LogP contribution in [0.15, 0.2) is 48.5 Å². The molecule has 1 N–H and O–H groups in total. The van der Waals surface area contributed by atoms with Gasteiger partial charge < -0.3 is 0 Å². The van der Waals surface area contributed by atoms with E-state index < -0.39 is 0 Å². The zero-order valence-corrected chi connectivity index (χ0v) is 9.97. The molecule has 3 aromatic rings. The van der Waals surface area contributed by atoms with Crippen LogP contribution in [-0.2, 0) is 0 Å². The van der Waals surface area contributed by atoms with Gasteiger partial charge in [-0.05, 0) is 19.1 Å². The summed E-state index contributed by atoms with van der Waals surface area (Å²) in [6.07, 6.45) is 0. The van der Waals surface area contributed by atoms with Gasteiger partial charge in [-0.25, -0.2) is 0 Å². The Morgan fingerprint density at radius 2 is 1.94 bits per heavy atom. The van der Waals surface area contributed by atoms with E-state index in [0.29, 0.717) is 11.3 Å². The summed E-state index contributed by atoms with van der Waals surface area (Å²) in [4.78, 5) is 12.4. The van der Waals surface area contributed by atoms with E-state index in [1.165, 1.54) is 0 Å². The molecule has 0 saturated carbocycles. The van der Waals surface area contributed by atoms with E-state index >= 15 is 0 Å². The van der Waals surface area contributed by atoms with Crippen molar-refractivity contribution in [3.05, 3.63) is 65.4 Å². The Morgan fingerprint density at radius 1 is 1.11 bits per heavy atom. The minimum absolute atomic E-state index is 0.0452. The van der Waals surface area contributed by atoms with Gasteiger partial charge in [0.2, 0.25) is 5.78 Å². The Morgan fingerprint density at radius 3 is 2.78 bits per heavy atom. The minimum atomic E-state index is -0.0452. The number of aromatic amines is 1. The van der Waals surface area contributed by atoms with Crippen molar-refractivity contribution < 1.29 is 4.79 Å². The van der Waals surface area contributed by atoms with Crippen LogP contribution in [0.4, 0.5) is 0 Å². The Bertz CT molecular complexity index is 728. The summed E-state index contributed by atoms with van der Waals surface area (Å²) in [5, 5.41) is 7.87. The Labute approximate surface area is 104 Å². The monoisotopic (exact) mass is 236 g/mol. The number of hydrogen-bond donors (Lipinski definition) is 1. The molecule has 0 unspecified atom stereocenters. The van der Waals surface area contributed by atoms with Crippen LogP contribution < -0.4 is 0 Å². The summed E-state index contributed by atoms with van der Waals surface area (Å²) in [6.45, 7) is 1.97. The maximum absolute atomic E-state index is 12.4. The van der Waals surface area contributed by atoms with Crippen molar-refractivity contribution in [1.29, 1.82) is 0 Å². The topological polar surface area (TPSA) is 45.8 Å². The lowest BCUT2D eigenvalue weighted by molar-refractivity contribution is 0.103. The number of fused-ring (bicyclic) bond motifs is 1. The Hall–Kier alpha value is -2.42. The summed E-state index contributed by atoms with van der Waals surface area (Å²) in [7, 11) is 0. The van der Waals surface area contributed by atoms with E-state index in [2.05, 4.69) is 10.2 Å². The molecule has 0 radical (unpaired) electrons. The van der Waals surface area contributed by atoms with Gasteiger partial charge in [0, 0.05) is 10.9 Å². The zero-order valence-electron chi connectivity index (χ0n) is 9.97. The number of nitrogens with one attached hydrogen (secondary N) is 1. The number of H-pyrrole nitrogens is 1. The van der Waals surface area contributed by atoms with Crippen LogP contribution in [-0.4, -0.2) is 16.0 Å². The first kappa shape index (κ1) is 10.7. The van der Waals surface area contributed by atoms with Crippen LogP contribution in [0.2, 0.25) is 0 Å². The van der Waals surface area contributed by atoms with Gasteiger partial charge >= 0.3 is 0 Å². The van der Waals surface area contributed by atoms with E-state index in [-0.39, 0.29) is 5.78 Å². The van der Waals surface area contributed by atoms with E-state index in [1.54, 1.807) is 0 Å². The molecule has 0 spiro atoms. The number of nitrogens with zero attached hydrogens (tertiary/aromatic N) is 1. The summed E-state index contributed by atoms with van der Waals surface area (Å²) >= 11 is 0. The molecule has 0 aliphatic heterocycles. The summed E-state index contributed by atoms with van der Waals surface area (Å²) in [5.41, 5.74) is 3.11. The number of ketones is 1. The molecule has 88 valence electrons. The third kappa shape index (κ3) is 1.70. The average molecular weight is 236 g/mol. The Kier molecular flexibility index (Phi) is 2.45. The highest BCUT2D eigenvalue weighted by atomic mass is 16.1. The molecule has 0 bridgehead atoms. The predicted octanol–water partition coefficient (Wildman–Crippen LogP) is 3.10. The fraction of sp³-hybridized carbons (Fsp3) is 0.0667. The molecule has 1 heterocycles. The van der Waals surface area contributed by atoms with Gasteiger partial charge in [0.05, 0.1) is 5.52 Å². The predicted molar refractivity (Wildman–Crippen MR) is 70.7 cm³/mol. The van der Waals surface area contributed by atoms with E-state index in [4.69, 9.17) is 0 Å². The molecule has 0 fully saturated rings. The molecule has 3 heteroatoms. The molecule has 0 aliphatic carbocycles. The molecule has 1 aromatic heterocycles. The van der Waals surface area contributed by atoms with Crippen molar-refractivity contribution in [2.75, 3.05) is 0 Å². The molecule has 0 amide bonds. The number of para-hydroxylation sites is 1. The van der Waals surface area contributed by atoms with E-state index in [0.717, 1.165) is 16.5 Å². The molecular weight excluding hydrogens is 224 g/mol. The lowest BCUT2D eigenvalue weighted by Crippen LogP contribution is -2.02. The number of hydrogen-bond acceptors (Lipinski definition) is 2. The highest BCUT2D eigenvalue weighted by Gasteiger charge is 2.15. The van der Waals surface area contributed by atoms with Crippen LogP contribution in [0, 0.1) is 6.92 Å². The molecule has 0 saturated heterocycles. The number of rotatable bonds is 2. The van der Waals surface area contributed by atoms with Gasteiger partial charge in [-0.2, -0.15) is 5.10 Å². The third-order valence-corrected chi connectivity index (χ3v) is 2.97. The second kappa shape index (κ2) is 4.11. The molecule has 2 aromatic carbocycles. The zero-order chi connectivity index (χ0) is 12.5. The van der Waals surface area contributed by atoms with Crippen molar-refractivity contribution in [3.63, 3.8) is 0 Å². The highest BCUT2D eigenvalue weighted by molar-refractivity contribution is 6.14. The number of carbonyl (C=O) groups excluding carboxylic acids is 1. The maximum atomic E-state index is 12.4. The second-order valence-corrected chi connectivity index (χ2v) is 4.32. The average Bonchev–Trinajstić information content (AvgIpc) is 2.82. The van der Waals surface area contributed by atoms with E-state index in [9.17, 15) is 4.79 Å². The molecule has 3 nitrogen and oxygen atoms in total. The molecule has 18 heavy (non-hydrogen) atoms. The van der Waals surface area contributed by atoms with Gasteiger partial charge in [-0.1, -0.05) is 42.0 Å². The fourth-order valence-corrected chi connectivity index (χ4v) is 2.06. The van der Waals surface area contributed by atoms with Gasteiger partial charge in [0.1, 0.15) is 5.69 Å². The smallest absolute Gasteiger partial charge is 0.213 e. The van der Waals surface area contributed by atoms with Gasteiger partial charge in [-0.15, -0.1) is 0 Å². The fourth-order valence-electron chi connectivity index (χ4n) is 2.06. The minimum Gasteiger partial charge on any atom is -0.287 e. The van der Waals surface area contributed by atoms with Crippen molar-refractivity contribution in [1.82, 2.24) is 10.2 Å². The molecule has 0 atom stereocenters. The van der Waals surface area contributed by atoms with Crippen molar-refractivity contribution in [3.8, 4) is 0 Å². The summed E-state index contributed by atoms with van der Waals surface area (Å²) in [5.74, 6) is -0.0452. The summed E-state index contributed by atoms with van der Waals surface area (Å²) < 4.78 is 0. The number of carbonyl (C=O) groups is 1. The van der Waals surface area contributed by atoms with Gasteiger partial charge in [0.25, 0.3) is 0 Å². The molecular formula is C15H12N2O. The molecule has 0 aliphatic rings. The Balaban J connectivity index is 2.12. The lowest BCUT2D eigenvalue weighted by Gasteiger charge is -1.99. The first-order valence-corrected chi connectivity index (χ1v) is 5.80. The quantitative estimate of drug-likeness (QED) is 0.695. The summed E-state index contributed by atoms with van der Waals surface area (Å²) in [6, 6.07) is 15.2. The van der Waals surface area contributed by atoms with Crippen molar-refractivity contribution in [2.45, 2.75) is 6.92 Å². The maximum Gasteiger partial charge on any atom is 0.213 e. The lowest BCUT2D eigenvalue weighted by atomic mass is 10.0. The van der Waals surface area contributed by atoms with Crippen LogP contribution in [0.25, 0.3) is 10.9 Å². The first-order chi connectivity index (χ1) is 8.75. The normalized spacial score (nSPS) is 10.7. The van der Waals surface area contributed by atoms with Gasteiger partial charge in [0.15, 0.2) is 0 Å². The number of benzene rings is 2. The van der Waals surface area contributed by atoms with Crippen LogP contribution in [0.3, 0.4) is 0 Å². The number of aryl methyl sites for hydroxylation is 1. The first-order valence-electron chi connectivity index (χ1n) is 5.80. The second-order valence-electron chi connectivity index (χ2n) is 4.32. The van der Waals surface area contributed by atoms with E-state index in [1.807, 2.05) is 55.5 Å².